The van der Waals surface area contributed by atoms with Crippen LogP contribution in [0.15, 0.2) is 35.6 Å². The van der Waals surface area contributed by atoms with Crippen molar-refractivity contribution in [3.05, 3.63) is 47.3 Å². The molecule has 1 heterocycles. The SMILES string of the molecule is COC(OC)c1nc(SCC(=O)Nc2ccc(C(F)(F)F)cc2)ncc1C(=O)O. The molecule has 12 heteroatoms. The molecule has 0 aliphatic carbocycles. The van der Waals surface area contributed by atoms with Gasteiger partial charge in [0.25, 0.3) is 0 Å². The molecule has 0 atom stereocenters. The van der Waals surface area contributed by atoms with Gasteiger partial charge in [-0.25, -0.2) is 14.8 Å². The number of halogens is 3. The third-order valence-corrected chi connectivity index (χ3v) is 4.37. The van der Waals surface area contributed by atoms with Crippen LogP contribution in [0.3, 0.4) is 0 Å². The highest BCUT2D eigenvalue weighted by atomic mass is 32.2. The van der Waals surface area contributed by atoms with Gasteiger partial charge in [-0.15, -0.1) is 0 Å². The largest absolute Gasteiger partial charge is 0.478 e. The van der Waals surface area contributed by atoms with Crippen molar-refractivity contribution in [1.82, 2.24) is 9.97 Å². The lowest BCUT2D eigenvalue weighted by atomic mass is 10.2. The van der Waals surface area contributed by atoms with Crippen molar-refractivity contribution < 1.29 is 37.3 Å². The molecule has 2 rings (SSSR count). The minimum absolute atomic E-state index is 0.0110. The van der Waals surface area contributed by atoms with E-state index in [4.69, 9.17) is 9.47 Å². The van der Waals surface area contributed by atoms with E-state index in [1.54, 1.807) is 0 Å². The van der Waals surface area contributed by atoms with Crippen molar-refractivity contribution in [3.63, 3.8) is 0 Å². The third kappa shape index (κ3) is 6.14. The van der Waals surface area contributed by atoms with E-state index >= 15 is 0 Å². The van der Waals surface area contributed by atoms with Crippen LogP contribution in [0, 0.1) is 0 Å². The van der Waals surface area contributed by atoms with E-state index in [2.05, 4.69) is 15.3 Å². The molecule has 1 aromatic carbocycles. The number of thioether (sulfide) groups is 1. The van der Waals surface area contributed by atoms with Crippen molar-refractivity contribution in [2.45, 2.75) is 17.6 Å². The van der Waals surface area contributed by atoms with Crippen molar-refractivity contribution in [2.75, 3.05) is 25.3 Å². The van der Waals surface area contributed by atoms with E-state index in [9.17, 15) is 27.9 Å². The third-order valence-electron chi connectivity index (χ3n) is 3.51. The van der Waals surface area contributed by atoms with Gasteiger partial charge in [0.1, 0.15) is 11.3 Å². The summed E-state index contributed by atoms with van der Waals surface area (Å²) in [4.78, 5) is 31.3. The minimum atomic E-state index is -4.46. The molecule has 0 spiro atoms. The summed E-state index contributed by atoms with van der Waals surface area (Å²) in [5.41, 5.74) is -0.846. The van der Waals surface area contributed by atoms with Crippen LogP contribution >= 0.6 is 11.8 Å². The van der Waals surface area contributed by atoms with Crippen LogP contribution in [0.25, 0.3) is 0 Å². The predicted octanol–water partition coefficient (Wildman–Crippen LogP) is 3.22. The van der Waals surface area contributed by atoms with E-state index in [1.165, 1.54) is 14.2 Å². The summed E-state index contributed by atoms with van der Waals surface area (Å²) in [5, 5.41) is 11.8. The second-order valence-corrected chi connectivity index (χ2v) is 6.41. The second-order valence-electron chi connectivity index (χ2n) is 5.47. The molecular weight excluding hydrogens is 415 g/mol. The summed E-state index contributed by atoms with van der Waals surface area (Å²) in [6.45, 7) is 0. The topological polar surface area (TPSA) is 111 Å². The number of methoxy groups -OCH3 is 2. The molecule has 0 unspecified atom stereocenters. The maximum absolute atomic E-state index is 12.6. The normalized spacial score (nSPS) is 11.5. The highest BCUT2D eigenvalue weighted by Crippen LogP contribution is 2.30. The number of carboxylic acids is 1. The number of nitrogens with zero attached hydrogens (tertiary/aromatic N) is 2. The number of ether oxygens (including phenoxy) is 2. The molecule has 29 heavy (non-hydrogen) atoms. The fourth-order valence-corrected chi connectivity index (χ4v) is 2.80. The minimum Gasteiger partial charge on any atom is -0.478 e. The first kappa shape index (κ1) is 22.6. The number of alkyl halides is 3. The van der Waals surface area contributed by atoms with E-state index in [0.29, 0.717) is 0 Å². The molecule has 0 bridgehead atoms. The average Bonchev–Trinajstić information content (AvgIpc) is 2.67. The summed E-state index contributed by atoms with van der Waals surface area (Å²) in [6, 6.07) is 4.00. The highest BCUT2D eigenvalue weighted by Gasteiger charge is 2.30. The van der Waals surface area contributed by atoms with Crippen LogP contribution in [0.1, 0.15) is 27.9 Å². The number of anilines is 1. The van der Waals surface area contributed by atoms with Crippen LogP contribution in [0.4, 0.5) is 18.9 Å². The molecular formula is C17H16F3N3O5S. The number of carbonyl (C=O) groups is 2. The molecule has 1 amide bonds. The maximum atomic E-state index is 12.6. The molecule has 0 aliphatic rings. The molecule has 0 saturated carbocycles. The van der Waals surface area contributed by atoms with Gasteiger partial charge in [-0.05, 0) is 24.3 Å². The Kier molecular flexibility index (Phi) is 7.53. The van der Waals surface area contributed by atoms with Crippen molar-refractivity contribution in [3.8, 4) is 0 Å². The Balaban J connectivity index is 2.04. The van der Waals surface area contributed by atoms with Crippen molar-refractivity contribution in [2.24, 2.45) is 0 Å². The molecule has 2 aromatic rings. The number of aromatic nitrogens is 2. The Morgan fingerprint density at radius 2 is 1.83 bits per heavy atom. The van der Waals surface area contributed by atoms with Gasteiger partial charge in [0.15, 0.2) is 5.16 Å². The zero-order chi connectivity index (χ0) is 21.6. The first-order chi connectivity index (χ1) is 13.7. The molecule has 0 saturated heterocycles. The average molecular weight is 431 g/mol. The summed E-state index contributed by atoms with van der Waals surface area (Å²) in [6.07, 6.45) is -4.42. The van der Waals surface area contributed by atoms with Gasteiger partial charge in [-0.2, -0.15) is 13.2 Å². The summed E-state index contributed by atoms with van der Waals surface area (Å²) in [7, 11) is 2.62. The smallest absolute Gasteiger partial charge is 0.416 e. The van der Waals surface area contributed by atoms with Crippen LogP contribution < -0.4 is 5.32 Å². The number of benzene rings is 1. The fourth-order valence-electron chi connectivity index (χ4n) is 2.18. The zero-order valence-electron chi connectivity index (χ0n) is 15.2. The molecule has 1 aromatic heterocycles. The molecule has 156 valence electrons. The molecule has 8 nitrogen and oxygen atoms in total. The number of rotatable bonds is 8. The summed E-state index contributed by atoms with van der Waals surface area (Å²) in [5.74, 6) is -1.93. The van der Waals surface area contributed by atoms with Crippen molar-refractivity contribution in [1.29, 1.82) is 0 Å². The number of amides is 1. The number of nitrogens with one attached hydrogen (secondary N) is 1. The number of hydrogen-bond donors (Lipinski definition) is 2. The quantitative estimate of drug-likeness (QED) is 0.372. The summed E-state index contributed by atoms with van der Waals surface area (Å²) < 4.78 is 47.7. The van der Waals surface area contributed by atoms with E-state index in [-0.39, 0.29) is 27.9 Å². The number of carbonyl (C=O) groups excluding carboxylic acids is 1. The van der Waals surface area contributed by atoms with Crippen LogP contribution in [-0.2, 0) is 20.4 Å². The predicted molar refractivity (Wildman–Crippen MR) is 96.5 cm³/mol. The lowest BCUT2D eigenvalue weighted by molar-refractivity contribution is -0.137. The monoisotopic (exact) mass is 431 g/mol. The van der Waals surface area contributed by atoms with Gasteiger partial charge in [0.2, 0.25) is 12.2 Å². The maximum Gasteiger partial charge on any atom is 0.416 e. The summed E-state index contributed by atoms with van der Waals surface area (Å²) >= 11 is 0.910. The molecule has 0 fully saturated rings. The van der Waals surface area contributed by atoms with Crippen LogP contribution in [0.2, 0.25) is 0 Å². The Morgan fingerprint density at radius 3 is 2.34 bits per heavy atom. The molecule has 0 aliphatic heterocycles. The Morgan fingerprint density at radius 1 is 1.21 bits per heavy atom. The lowest BCUT2D eigenvalue weighted by Gasteiger charge is -2.15. The van der Waals surface area contributed by atoms with E-state index in [0.717, 1.165) is 42.2 Å². The number of hydrogen-bond acceptors (Lipinski definition) is 7. The fraction of sp³-hybridized carbons (Fsp3) is 0.294. The Hall–Kier alpha value is -2.70. The van der Waals surface area contributed by atoms with Gasteiger partial charge >= 0.3 is 12.1 Å². The van der Waals surface area contributed by atoms with E-state index < -0.39 is 29.9 Å². The number of aromatic carboxylic acids is 1. The van der Waals surface area contributed by atoms with Gasteiger partial charge < -0.3 is 19.9 Å². The van der Waals surface area contributed by atoms with Gasteiger partial charge in [-0.1, -0.05) is 11.8 Å². The van der Waals surface area contributed by atoms with Crippen LogP contribution in [0.5, 0.6) is 0 Å². The standard InChI is InChI=1S/C17H16F3N3O5S/c1-27-15(28-2)13-11(14(25)26)7-21-16(23-13)29-8-12(24)22-10-5-3-9(4-6-10)17(18,19)20/h3-7,15H,8H2,1-2H3,(H,22,24)(H,25,26). The Labute approximate surface area is 167 Å². The zero-order valence-corrected chi connectivity index (χ0v) is 16.0. The first-order valence-corrected chi connectivity index (χ1v) is 8.90. The Bertz CT molecular complexity index is 874. The van der Waals surface area contributed by atoms with Crippen molar-refractivity contribution >= 4 is 29.3 Å². The molecule has 0 radical (unpaired) electrons. The van der Waals surface area contributed by atoms with Gasteiger partial charge in [0, 0.05) is 26.1 Å². The second kappa shape index (κ2) is 9.67. The van der Waals surface area contributed by atoms with E-state index in [1.807, 2.05) is 0 Å². The lowest BCUT2D eigenvalue weighted by Crippen LogP contribution is -2.16. The molecule has 2 N–H and O–H groups in total. The van der Waals surface area contributed by atoms with Gasteiger partial charge in [-0.3, -0.25) is 4.79 Å². The van der Waals surface area contributed by atoms with Gasteiger partial charge in [0.05, 0.1) is 11.3 Å². The van der Waals surface area contributed by atoms with Crippen LogP contribution in [-0.4, -0.2) is 46.9 Å². The number of carboxylic acid groups (broad SMARTS) is 1. The highest BCUT2D eigenvalue weighted by molar-refractivity contribution is 7.99. The first-order valence-electron chi connectivity index (χ1n) is 7.91.